The Balaban J connectivity index is 2.38. The number of aromatic nitrogens is 2. The number of rotatable bonds is 3. The second-order valence-corrected chi connectivity index (χ2v) is 4.51. The van der Waals surface area contributed by atoms with Crippen molar-refractivity contribution in [3.05, 3.63) is 17.1 Å². The molecule has 2 heterocycles. The molecule has 4 nitrogen and oxygen atoms in total. The number of nitrogens with zero attached hydrogens (tertiary/aromatic N) is 2. The molecule has 1 aliphatic rings. The van der Waals surface area contributed by atoms with Crippen molar-refractivity contribution >= 4 is 11.8 Å². The molecule has 0 atom stereocenters. The number of methoxy groups -OCH3 is 1. The first-order valence-electron chi connectivity index (χ1n) is 5.00. The highest BCUT2D eigenvalue weighted by molar-refractivity contribution is 7.98. The lowest BCUT2D eigenvalue weighted by molar-refractivity contribution is 0.388. The normalized spacial score (nSPS) is 14.8. The number of hydrogen-bond donors (Lipinski definition) is 1. The molecule has 0 unspecified atom stereocenters. The van der Waals surface area contributed by atoms with Crippen molar-refractivity contribution in [3.63, 3.8) is 0 Å². The van der Waals surface area contributed by atoms with Crippen LogP contribution in [0.3, 0.4) is 0 Å². The van der Waals surface area contributed by atoms with E-state index < -0.39 is 0 Å². The van der Waals surface area contributed by atoms with Crippen LogP contribution < -0.4 is 10.1 Å². The number of ether oxygens (including phenoxy) is 1. The second kappa shape index (κ2) is 4.81. The Morgan fingerprint density at radius 2 is 2.33 bits per heavy atom. The first-order chi connectivity index (χ1) is 7.35. The lowest BCUT2D eigenvalue weighted by atomic mass is 10.1. The molecule has 0 aromatic carbocycles. The predicted molar refractivity (Wildman–Crippen MR) is 61.2 cm³/mol. The molecule has 0 saturated carbocycles. The van der Waals surface area contributed by atoms with Gasteiger partial charge in [0.25, 0.3) is 0 Å². The van der Waals surface area contributed by atoms with Crippen molar-refractivity contribution in [1.29, 1.82) is 0 Å². The molecule has 0 radical (unpaired) electrons. The maximum atomic E-state index is 5.31. The number of hydrogen-bond acceptors (Lipinski definition) is 5. The molecule has 1 aliphatic heterocycles. The van der Waals surface area contributed by atoms with Crippen LogP contribution in [0.2, 0.25) is 0 Å². The molecule has 5 heteroatoms. The zero-order valence-electron chi connectivity index (χ0n) is 9.04. The monoisotopic (exact) mass is 225 g/mol. The van der Waals surface area contributed by atoms with Crippen molar-refractivity contribution in [3.8, 4) is 5.88 Å². The number of fused-ring (bicyclic) bond motifs is 1. The van der Waals surface area contributed by atoms with Crippen LogP contribution >= 0.6 is 11.8 Å². The van der Waals surface area contributed by atoms with Gasteiger partial charge in [-0.2, -0.15) is 16.7 Å². The van der Waals surface area contributed by atoms with E-state index in [0.717, 1.165) is 35.3 Å². The topological polar surface area (TPSA) is 47.0 Å². The molecule has 0 aliphatic carbocycles. The summed E-state index contributed by atoms with van der Waals surface area (Å²) in [4.78, 5) is 8.93. The lowest BCUT2D eigenvalue weighted by Crippen LogP contribution is -2.15. The van der Waals surface area contributed by atoms with Gasteiger partial charge in [-0.25, -0.2) is 4.98 Å². The van der Waals surface area contributed by atoms with Gasteiger partial charge in [0.15, 0.2) is 0 Å². The van der Waals surface area contributed by atoms with E-state index in [9.17, 15) is 0 Å². The highest BCUT2D eigenvalue weighted by Crippen LogP contribution is 2.28. The zero-order chi connectivity index (χ0) is 10.7. The van der Waals surface area contributed by atoms with Crippen LogP contribution in [-0.2, 0) is 18.7 Å². The van der Waals surface area contributed by atoms with Gasteiger partial charge < -0.3 is 10.1 Å². The molecule has 0 fully saturated rings. The molecular formula is C10H15N3OS. The average molecular weight is 225 g/mol. The van der Waals surface area contributed by atoms with E-state index in [4.69, 9.17) is 4.74 Å². The third kappa shape index (κ3) is 2.23. The summed E-state index contributed by atoms with van der Waals surface area (Å²) >= 11 is 1.92. The van der Waals surface area contributed by atoms with E-state index in [1.165, 1.54) is 5.56 Å². The molecule has 2 rings (SSSR count). The van der Waals surface area contributed by atoms with Crippen LogP contribution in [0.5, 0.6) is 5.88 Å². The number of nitrogens with one attached hydrogen (secondary N) is 1. The SMILES string of the molecule is CNCc1nc2c(c(OC)n1)CCSC2. The zero-order valence-corrected chi connectivity index (χ0v) is 9.86. The highest BCUT2D eigenvalue weighted by Gasteiger charge is 2.18. The quantitative estimate of drug-likeness (QED) is 0.831. The van der Waals surface area contributed by atoms with Crippen LogP contribution in [-0.4, -0.2) is 29.9 Å². The van der Waals surface area contributed by atoms with Gasteiger partial charge in [-0.1, -0.05) is 0 Å². The summed E-state index contributed by atoms with van der Waals surface area (Å²) in [5.41, 5.74) is 2.33. The van der Waals surface area contributed by atoms with E-state index in [2.05, 4.69) is 15.3 Å². The van der Waals surface area contributed by atoms with Gasteiger partial charge in [-0.05, 0) is 19.2 Å². The van der Waals surface area contributed by atoms with E-state index in [1.54, 1.807) is 7.11 Å². The van der Waals surface area contributed by atoms with E-state index in [0.29, 0.717) is 6.54 Å². The third-order valence-electron chi connectivity index (χ3n) is 2.36. The van der Waals surface area contributed by atoms with E-state index >= 15 is 0 Å². The van der Waals surface area contributed by atoms with Crippen LogP contribution in [0.25, 0.3) is 0 Å². The Labute approximate surface area is 93.8 Å². The van der Waals surface area contributed by atoms with Crippen molar-refractivity contribution < 1.29 is 4.74 Å². The number of thioether (sulfide) groups is 1. The molecule has 0 bridgehead atoms. The minimum Gasteiger partial charge on any atom is -0.481 e. The van der Waals surface area contributed by atoms with Gasteiger partial charge in [0, 0.05) is 11.3 Å². The van der Waals surface area contributed by atoms with Crippen molar-refractivity contribution in [1.82, 2.24) is 15.3 Å². The van der Waals surface area contributed by atoms with Crippen molar-refractivity contribution in [2.45, 2.75) is 18.7 Å². The smallest absolute Gasteiger partial charge is 0.219 e. The van der Waals surface area contributed by atoms with E-state index in [1.807, 2.05) is 18.8 Å². The maximum Gasteiger partial charge on any atom is 0.219 e. The third-order valence-corrected chi connectivity index (χ3v) is 3.33. The van der Waals surface area contributed by atoms with Gasteiger partial charge in [0.2, 0.25) is 5.88 Å². The summed E-state index contributed by atoms with van der Waals surface area (Å²) in [6, 6.07) is 0. The van der Waals surface area contributed by atoms with Gasteiger partial charge in [0.1, 0.15) is 5.82 Å². The first kappa shape index (κ1) is 10.7. The van der Waals surface area contributed by atoms with Gasteiger partial charge in [-0.3, -0.25) is 0 Å². The van der Waals surface area contributed by atoms with Crippen LogP contribution in [0.15, 0.2) is 0 Å². The van der Waals surface area contributed by atoms with Gasteiger partial charge >= 0.3 is 0 Å². The Kier molecular flexibility index (Phi) is 3.43. The standard InChI is InChI=1S/C10H15N3OS/c1-11-5-9-12-8-6-15-4-3-7(8)10(13-9)14-2/h11H,3-6H2,1-2H3. The molecular weight excluding hydrogens is 210 g/mol. The summed E-state index contributed by atoms with van der Waals surface area (Å²) in [6.45, 7) is 0.689. The molecule has 0 amide bonds. The molecule has 15 heavy (non-hydrogen) atoms. The lowest BCUT2D eigenvalue weighted by Gasteiger charge is -2.17. The Morgan fingerprint density at radius 3 is 3.07 bits per heavy atom. The van der Waals surface area contributed by atoms with Crippen molar-refractivity contribution in [2.24, 2.45) is 0 Å². The fourth-order valence-corrected chi connectivity index (χ4v) is 2.60. The average Bonchev–Trinajstić information content (AvgIpc) is 2.28. The fourth-order valence-electron chi connectivity index (χ4n) is 1.68. The maximum absolute atomic E-state index is 5.31. The molecule has 82 valence electrons. The van der Waals surface area contributed by atoms with Crippen LogP contribution in [0.4, 0.5) is 0 Å². The van der Waals surface area contributed by atoms with Crippen LogP contribution in [0, 0.1) is 0 Å². The molecule has 0 saturated heterocycles. The minimum atomic E-state index is 0.689. The second-order valence-electron chi connectivity index (χ2n) is 3.41. The summed E-state index contributed by atoms with van der Waals surface area (Å²) in [5.74, 6) is 3.68. The van der Waals surface area contributed by atoms with Gasteiger partial charge in [0.05, 0.1) is 19.3 Å². The first-order valence-corrected chi connectivity index (χ1v) is 6.15. The molecule has 1 aromatic rings. The Hall–Kier alpha value is -0.810. The van der Waals surface area contributed by atoms with Crippen LogP contribution in [0.1, 0.15) is 17.1 Å². The largest absolute Gasteiger partial charge is 0.481 e. The fraction of sp³-hybridized carbons (Fsp3) is 0.600. The summed E-state index contributed by atoms with van der Waals surface area (Å²) in [6.07, 6.45) is 1.02. The Bertz CT molecular complexity index is 340. The highest BCUT2D eigenvalue weighted by atomic mass is 32.2. The summed E-state index contributed by atoms with van der Waals surface area (Å²) in [5, 5.41) is 3.05. The van der Waals surface area contributed by atoms with E-state index in [-0.39, 0.29) is 0 Å². The van der Waals surface area contributed by atoms with Crippen molar-refractivity contribution in [2.75, 3.05) is 19.9 Å². The molecule has 0 spiro atoms. The predicted octanol–water partition coefficient (Wildman–Crippen LogP) is 0.994. The summed E-state index contributed by atoms with van der Waals surface area (Å²) < 4.78 is 5.31. The molecule has 1 aromatic heterocycles. The Morgan fingerprint density at radius 1 is 1.47 bits per heavy atom. The molecule has 1 N–H and O–H groups in total. The van der Waals surface area contributed by atoms with Gasteiger partial charge in [-0.15, -0.1) is 0 Å². The summed E-state index contributed by atoms with van der Waals surface area (Å²) in [7, 11) is 3.57. The minimum absolute atomic E-state index is 0.689.